The van der Waals surface area contributed by atoms with Crippen LogP contribution in [-0.2, 0) is 10.1 Å². The summed E-state index contributed by atoms with van der Waals surface area (Å²) in [7, 11) is -2.43. The Hall–Kier alpha value is -1.53. The Bertz CT molecular complexity index is 769. The van der Waals surface area contributed by atoms with Gasteiger partial charge in [0.1, 0.15) is 16.4 Å². The van der Waals surface area contributed by atoms with Crippen LogP contribution in [-0.4, -0.2) is 15.5 Å². The Morgan fingerprint density at radius 3 is 2.43 bits per heavy atom. The van der Waals surface area contributed by atoms with E-state index < -0.39 is 10.1 Å². The lowest BCUT2D eigenvalue weighted by atomic mass is 10.1. The van der Waals surface area contributed by atoms with E-state index in [2.05, 4.69) is 15.9 Å². The van der Waals surface area contributed by atoms with Crippen molar-refractivity contribution in [2.75, 3.05) is 7.11 Å². The maximum atomic E-state index is 12.4. The second-order valence-electron chi connectivity index (χ2n) is 4.53. The molecule has 0 heterocycles. The topological polar surface area (TPSA) is 52.6 Å². The van der Waals surface area contributed by atoms with Gasteiger partial charge in [0, 0.05) is 6.07 Å². The largest absolute Gasteiger partial charge is 0.496 e. The molecule has 2 rings (SSSR count). The van der Waals surface area contributed by atoms with Crippen molar-refractivity contribution in [2.45, 2.75) is 18.7 Å². The SMILES string of the molecule is COc1cc(S(=O)(=O)Oc2cccc(C)c2C)ccc1Br. The first-order valence-electron chi connectivity index (χ1n) is 6.19. The van der Waals surface area contributed by atoms with Crippen LogP contribution >= 0.6 is 15.9 Å². The maximum Gasteiger partial charge on any atom is 0.339 e. The van der Waals surface area contributed by atoms with E-state index in [4.69, 9.17) is 8.92 Å². The number of aryl methyl sites for hydroxylation is 1. The molecule has 2 aromatic carbocycles. The van der Waals surface area contributed by atoms with E-state index in [-0.39, 0.29) is 4.90 Å². The molecule has 0 unspecified atom stereocenters. The van der Waals surface area contributed by atoms with E-state index in [9.17, 15) is 8.42 Å². The standard InChI is InChI=1S/C15H15BrO4S/c1-10-5-4-6-14(11(10)2)20-21(17,18)12-7-8-13(16)15(9-12)19-3/h4-9H,1-3H3. The molecule has 2 aromatic rings. The van der Waals surface area contributed by atoms with Gasteiger partial charge in [0.2, 0.25) is 0 Å². The molecule has 0 bridgehead atoms. The highest BCUT2D eigenvalue weighted by molar-refractivity contribution is 9.10. The van der Waals surface area contributed by atoms with Crippen molar-refractivity contribution in [1.82, 2.24) is 0 Å². The third kappa shape index (κ3) is 3.39. The van der Waals surface area contributed by atoms with Crippen molar-refractivity contribution in [2.24, 2.45) is 0 Å². The molecule has 0 amide bonds. The molecule has 0 saturated heterocycles. The first kappa shape index (κ1) is 15.9. The van der Waals surface area contributed by atoms with Crippen molar-refractivity contribution in [3.8, 4) is 11.5 Å². The molecule has 0 aliphatic rings. The van der Waals surface area contributed by atoms with Crippen LogP contribution in [0, 0.1) is 13.8 Å². The van der Waals surface area contributed by atoms with Gasteiger partial charge >= 0.3 is 10.1 Å². The minimum absolute atomic E-state index is 0.0449. The molecule has 0 saturated carbocycles. The van der Waals surface area contributed by atoms with Crippen molar-refractivity contribution in [3.05, 3.63) is 52.0 Å². The number of halogens is 1. The number of hydrogen-bond donors (Lipinski definition) is 0. The van der Waals surface area contributed by atoms with Crippen LogP contribution in [0.5, 0.6) is 11.5 Å². The molecule has 0 aliphatic heterocycles. The second-order valence-corrected chi connectivity index (χ2v) is 6.93. The average molecular weight is 371 g/mol. The smallest absolute Gasteiger partial charge is 0.339 e. The predicted molar refractivity (Wildman–Crippen MR) is 84.4 cm³/mol. The fourth-order valence-electron chi connectivity index (χ4n) is 1.78. The molecule has 112 valence electrons. The Labute approximate surface area is 133 Å². The molecule has 21 heavy (non-hydrogen) atoms. The molecule has 0 aromatic heterocycles. The summed E-state index contributed by atoms with van der Waals surface area (Å²) in [6, 6.07) is 9.79. The number of methoxy groups -OCH3 is 1. The van der Waals surface area contributed by atoms with Gasteiger partial charge in [-0.05, 0) is 59.1 Å². The molecular weight excluding hydrogens is 356 g/mol. The molecule has 0 spiro atoms. The highest BCUT2D eigenvalue weighted by Gasteiger charge is 2.19. The van der Waals surface area contributed by atoms with Crippen LogP contribution in [0.4, 0.5) is 0 Å². The van der Waals surface area contributed by atoms with Gasteiger partial charge < -0.3 is 8.92 Å². The molecule has 0 aliphatic carbocycles. The predicted octanol–water partition coefficient (Wildman–Crippen LogP) is 3.84. The molecule has 0 fully saturated rings. The third-order valence-electron chi connectivity index (χ3n) is 3.17. The summed E-state index contributed by atoms with van der Waals surface area (Å²) in [5.74, 6) is 0.762. The van der Waals surface area contributed by atoms with Gasteiger partial charge in [0.05, 0.1) is 11.6 Å². The van der Waals surface area contributed by atoms with Crippen LogP contribution in [0.3, 0.4) is 0 Å². The van der Waals surface area contributed by atoms with Gasteiger partial charge in [0.25, 0.3) is 0 Å². The van der Waals surface area contributed by atoms with Crippen molar-refractivity contribution in [3.63, 3.8) is 0 Å². The van der Waals surface area contributed by atoms with E-state index in [1.165, 1.54) is 19.2 Å². The molecule has 0 atom stereocenters. The summed E-state index contributed by atoms with van der Waals surface area (Å²) >= 11 is 3.28. The zero-order valence-electron chi connectivity index (χ0n) is 11.9. The lowest BCUT2D eigenvalue weighted by Gasteiger charge is -2.12. The molecule has 4 nitrogen and oxygen atoms in total. The molecule has 0 radical (unpaired) electrons. The van der Waals surface area contributed by atoms with Crippen LogP contribution in [0.2, 0.25) is 0 Å². The third-order valence-corrected chi connectivity index (χ3v) is 5.05. The first-order valence-corrected chi connectivity index (χ1v) is 8.39. The zero-order chi connectivity index (χ0) is 15.6. The van der Waals surface area contributed by atoms with Crippen LogP contribution in [0.1, 0.15) is 11.1 Å². The van der Waals surface area contributed by atoms with E-state index in [1.807, 2.05) is 19.9 Å². The van der Waals surface area contributed by atoms with Crippen molar-refractivity contribution < 1.29 is 17.3 Å². The Morgan fingerprint density at radius 1 is 1.05 bits per heavy atom. The van der Waals surface area contributed by atoms with Gasteiger partial charge in [-0.25, -0.2) is 0 Å². The zero-order valence-corrected chi connectivity index (χ0v) is 14.3. The summed E-state index contributed by atoms with van der Waals surface area (Å²) in [4.78, 5) is 0.0449. The van der Waals surface area contributed by atoms with E-state index >= 15 is 0 Å². The summed E-state index contributed by atoms with van der Waals surface area (Å²) in [5.41, 5.74) is 1.77. The van der Waals surface area contributed by atoms with Crippen LogP contribution in [0.15, 0.2) is 45.8 Å². The van der Waals surface area contributed by atoms with Crippen molar-refractivity contribution in [1.29, 1.82) is 0 Å². The lowest BCUT2D eigenvalue weighted by molar-refractivity contribution is 0.410. The quantitative estimate of drug-likeness (QED) is 0.767. The van der Waals surface area contributed by atoms with Gasteiger partial charge in [-0.2, -0.15) is 8.42 Å². The van der Waals surface area contributed by atoms with Crippen LogP contribution in [0.25, 0.3) is 0 Å². The minimum atomic E-state index is -3.90. The van der Waals surface area contributed by atoms with Gasteiger partial charge in [-0.3, -0.25) is 0 Å². The van der Waals surface area contributed by atoms with E-state index in [1.54, 1.807) is 18.2 Å². The van der Waals surface area contributed by atoms with Crippen LogP contribution < -0.4 is 8.92 Å². The van der Waals surface area contributed by atoms with E-state index in [0.717, 1.165) is 11.1 Å². The number of rotatable bonds is 4. The monoisotopic (exact) mass is 370 g/mol. The summed E-state index contributed by atoms with van der Waals surface area (Å²) in [5, 5.41) is 0. The number of benzene rings is 2. The molecular formula is C15H15BrO4S. The highest BCUT2D eigenvalue weighted by Crippen LogP contribution is 2.30. The summed E-state index contributed by atoms with van der Waals surface area (Å²) in [6.45, 7) is 3.72. The van der Waals surface area contributed by atoms with Gasteiger partial charge in [-0.1, -0.05) is 12.1 Å². The number of hydrogen-bond acceptors (Lipinski definition) is 4. The second kappa shape index (κ2) is 6.07. The fourth-order valence-corrected chi connectivity index (χ4v) is 3.18. The summed E-state index contributed by atoms with van der Waals surface area (Å²) in [6.07, 6.45) is 0. The van der Waals surface area contributed by atoms with Gasteiger partial charge in [-0.15, -0.1) is 0 Å². The highest BCUT2D eigenvalue weighted by atomic mass is 79.9. The minimum Gasteiger partial charge on any atom is -0.496 e. The molecule has 6 heteroatoms. The normalized spacial score (nSPS) is 11.2. The maximum absolute atomic E-state index is 12.4. The Balaban J connectivity index is 2.41. The first-order chi connectivity index (χ1) is 9.85. The lowest BCUT2D eigenvalue weighted by Crippen LogP contribution is -2.11. The fraction of sp³-hybridized carbons (Fsp3) is 0.200. The van der Waals surface area contributed by atoms with Gasteiger partial charge in [0.15, 0.2) is 0 Å². The number of ether oxygens (including phenoxy) is 1. The average Bonchev–Trinajstić information content (AvgIpc) is 2.44. The van der Waals surface area contributed by atoms with Crippen molar-refractivity contribution >= 4 is 26.0 Å². The Morgan fingerprint density at radius 2 is 1.76 bits per heavy atom. The van der Waals surface area contributed by atoms with E-state index in [0.29, 0.717) is 16.0 Å². The Kier molecular flexibility index (Phi) is 4.58. The summed E-state index contributed by atoms with van der Waals surface area (Å²) < 4.78 is 35.7. The molecule has 0 N–H and O–H groups in total.